The number of benzene rings is 2. The molecule has 0 aliphatic carbocycles. The van der Waals surface area contributed by atoms with Gasteiger partial charge in [0.25, 0.3) is 5.91 Å². The molecular formula is C25H34N2O3. The number of amides is 1. The van der Waals surface area contributed by atoms with Crippen LogP contribution in [-0.4, -0.2) is 50.2 Å². The van der Waals surface area contributed by atoms with E-state index in [2.05, 4.69) is 55.3 Å². The van der Waals surface area contributed by atoms with Gasteiger partial charge in [0.2, 0.25) is 0 Å². The highest BCUT2D eigenvalue weighted by Crippen LogP contribution is 2.24. The Kier molecular flexibility index (Phi) is 7.88. The molecule has 2 aromatic carbocycles. The van der Waals surface area contributed by atoms with Gasteiger partial charge in [0.05, 0.1) is 12.7 Å². The minimum Gasteiger partial charge on any atom is -0.484 e. The van der Waals surface area contributed by atoms with Crippen molar-refractivity contribution < 1.29 is 14.3 Å². The first-order chi connectivity index (χ1) is 14.4. The predicted octanol–water partition coefficient (Wildman–Crippen LogP) is 3.94. The summed E-state index contributed by atoms with van der Waals surface area (Å²) in [5.41, 5.74) is 2.58. The summed E-state index contributed by atoms with van der Waals surface area (Å²) in [5, 5.41) is 2.95. The number of carbonyl (C=O) groups is 1. The van der Waals surface area contributed by atoms with Crippen molar-refractivity contribution in [3.8, 4) is 5.75 Å². The zero-order chi connectivity index (χ0) is 21.4. The molecule has 0 spiro atoms. The van der Waals surface area contributed by atoms with Gasteiger partial charge < -0.3 is 14.8 Å². The highest BCUT2D eigenvalue weighted by molar-refractivity contribution is 5.77. The number of morpholine rings is 1. The molecule has 0 bridgehead atoms. The van der Waals surface area contributed by atoms with Crippen molar-refractivity contribution >= 4 is 5.91 Å². The fourth-order valence-corrected chi connectivity index (χ4v) is 3.56. The normalized spacial score (nSPS) is 17.5. The van der Waals surface area contributed by atoms with Gasteiger partial charge in [-0.15, -0.1) is 0 Å². The maximum absolute atomic E-state index is 12.1. The molecule has 0 unspecified atom stereocenters. The van der Waals surface area contributed by atoms with E-state index in [0.29, 0.717) is 6.54 Å². The van der Waals surface area contributed by atoms with Gasteiger partial charge in [-0.05, 0) is 35.1 Å². The monoisotopic (exact) mass is 410 g/mol. The van der Waals surface area contributed by atoms with Crippen molar-refractivity contribution in [1.82, 2.24) is 10.2 Å². The number of carbonyl (C=O) groups excluding carboxylic acids is 1. The highest BCUT2D eigenvalue weighted by Gasteiger charge is 2.21. The van der Waals surface area contributed by atoms with Gasteiger partial charge in [-0.3, -0.25) is 9.69 Å². The maximum Gasteiger partial charge on any atom is 0.257 e. The van der Waals surface area contributed by atoms with Crippen LogP contribution in [0.5, 0.6) is 5.75 Å². The average Bonchev–Trinajstić information content (AvgIpc) is 2.76. The van der Waals surface area contributed by atoms with Gasteiger partial charge in [-0.2, -0.15) is 0 Å². The van der Waals surface area contributed by atoms with Gasteiger partial charge in [0, 0.05) is 26.2 Å². The third-order valence-corrected chi connectivity index (χ3v) is 5.39. The van der Waals surface area contributed by atoms with Gasteiger partial charge in [0.1, 0.15) is 5.75 Å². The molecule has 1 heterocycles. The van der Waals surface area contributed by atoms with E-state index in [-0.39, 0.29) is 24.0 Å². The van der Waals surface area contributed by atoms with Crippen LogP contribution in [0.15, 0.2) is 54.6 Å². The average molecular weight is 411 g/mol. The molecule has 162 valence electrons. The molecule has 30 heavy (non-hydrogen) atoms. The molecule has 1 N–H and O–H groups in total. The van der Waals surface area contributed by atoms with Crippen LogP contribution >= 0.6 is 0 Å². The summed E-state index contributed by atoms with van der Waals surface area (Å²) < 4.78 is 11.5. The SMILES string of the molecule is CC(C)(C)c1ccc(OCC(=O)NCCCN2CCO[C@@H](c3ccccc3)C2)cc1. The Balaban J connectivity index is 1.32. The summed E-state index contributed by atoms with van der Waals surface area (Å²) in [7, 11) is 0. The molecule has 1 saturated heterocycles. The van der Waals surface area contributed by atoms with Crippen molar-refractivity contribution in [2.45, 2.75) is 38.7 Å². The fraction of sp³-hybridized carbons (Fsp3) is 0.480. The standard InChI is InChI=1S/C25H34N2O3/c1-25(2,3)21-10-12-22(13-11-21)30-19-24(28)26-14-7-15-27-16-17-29-23(18-27)20-8-5-4-6-9-20/h4-6,8-13,23H,7,14-19H2,1-3H3,(H,26,28)/t23-/m1/s1. The van der Waals surface area contributed by atoms with E-state index in [4.69, 9.17) is 9.47 Å². The molecular weight excluding hydrogens is 376 g/mol. The molecule has 1 amide bonds. The lowest BCUT2D eigenvalue weighted by Gasteiger charge is -2.33. The zero-order valence-corrected chi connectivity index (χ0v) is 18.4. The van der Waals surface area contributed by atoms with Crippen molar-refractivity contribution in [1.29, 1.82) is 0 Å². The van der Waals surface area contributed by atoms with Gasteiger partial charge in [-0.1, -0.05) is 63.2 Å². The van der Waals surface area contributed by atoms with Gasteiger partial charge in [0.15, 0.2) is 6.61 Å². The highest BCUT2D eigenvalue weighted by atomic mass is 16.5. The smallest absolute Gasteiger partial charge is 0.257 e. The Morgan fingerprint density at radius 3 is 2.57 bits per heavy atom. The second-order valence-electron chi connectivity index (χ2n) is 8.84. The number of nitrogens with one attached hydrogen (secondary N) is 1. The number of rotatable bonds is 8. The first-order valence-electron chi connectivity index (χ1n) is 10.8. The van der Waals surface area contributed by atoms with Crippen LogP contribution in [0, 0.1) is 0 Å². The molecule has 0 radical (unpaired) electrons. The summed E-state index contributed by atoms with van der Waals surface area (Å²) in [6.45, 7) is 10.7. The van der Waals surface area contributed by atoms with Crippen LogP contribution in [0.25, 0.3) is 0 Å². The third kappa shape index (κ3) is 6.85. The largest absolute Gasteiger partial charge is 0.484 e. The van der Waals surface area contributed by atoms with Crippen LogP contribution in [0.2, 0.25) is 0 Å². The van der Waals surface area contributed by atoms with Gasteiger partial charge >= 0.3 is 0 Å². The van der Waals surface area contributed by atoms with Crippen molar-refractivity contribution in [2.24, 2.45) is 0 Å². The number of hydrogen-bond donors (Lipinski definition) is 1. The molecule has 5 heteroatoms. The second-order valence-corrected chi connectivity index (χ2v) is 8.84. The summed E-state index contributed by atoms with van der Waals surface area (Å²) in [5.74, 6) is 0.637. The number of nitrogens with zero attached hydrogens (tertiary/aromatic N) is 1. The summed E-state index contributed by atoms with van der Waals surface area (Å²) in [4.78, 5) is 14.5. The lowest BCUT2D eigenvalue weighted by Crippen LogP contribution is -2.40. The van der Waals surface area contributed by atoms with E-state index in [1.807, 2.05) is 30.3 Å². The van der Waals surface area contributed by atoms with Crippen LogP contribution in [0.1, 0.15) is 44.4 Å². The molecule has 1 aliphatic heterocycles. The maximum atomic E-state index is 12.1. The zero-order valence-electron chi connectivity index (χ0n) is 18.4. The Labute approximate surface area is 180 Å². The number of hydrogen-bond acceptors (Lipinski definition) is 4. The van der Waals surface area contributed by atoms with E-state index in [1.54, 1.807) is 0 Å². The topological polar surface area (TPSA) is 50.8 Å². The first kappa shape index (κ1) is 22.3. The van der Waals surface area contributed by atoms with E-state index < -0.39 is 0 Å². The van der Waals surface area contributed by atoms with Gasteiger partial charge in [-0.25, -0.2) is 0 Å². The summed E-state index contributed by atoms with van der Waals surface area (Å²) >= 11 is 0. The van der Waals surface area contributed by atoms with Crippen molar-refractivity contribution in [3.63, 3.8) is 0 Å². The van der Waals surface area contributed by atoms with E-state index in [1.165, 1.54) is 11.1 Å². The quantitative estimate of drug-likeness (QED) is 0.670. The van der Waals surface area contributed by atoms with Crippen LogP contribution in [0.4, 0.5) is 0 Å². The molecule has 1 atom stereocenters. The lowest BCUT2D eigenvalue weighted by molar-refractivity contribution is -0.123. The third-order valence-electron chi connectivity index (χ3n) is 5.39. The van der Waals surface area contributed by atoms with Crippen LogP contribution in [0.3, 0.4) is 0 Å². The van der Waals surface area contributed by atoms with E-state index >= 15 is 0 Å². The van der Waals surface area contributed by atoms with E-state index in [0.717, 1.165) is 38.4 Å². The number of ether oxygens (including phenoxy) is 2. The Bertz CT molecular complexity index is 784. The Hall–Kier alpha value is -2.37. The fourth-order valence-electron chi connectivity index (χ4n) is 3.56. The summed E-state index contributed by atoms with van der Waals surface area (Å²) in [6, 6.07) is 18.3. The Morgan fingerprint density at radius 2 is 1.87 bits per heavy atom. The molecule has 5 nitrogen and oxygen atoms in total. The minimum atomic E-state index is -0.0842. The van der Waals surface area contributed by atoms with E-state index in [9.17, 15) is 4.79 Å². The molecule has 1 fully saturated rings. The molecule has 0 aromatic heterocycles. The molecule has 1 aliphatic rings. The Morgan fingerprint density at radius 1 is 1.13 bits per heavy atom. The molecule has 0 saturated carbocycles. The molecule has 3 rings (SSSR count). The first-order valence-corrected chi connectivity index (χ1v) is 10.8. The van der Waals surface area contributed by atoms with Crippen molar-refractivity contribution in [3.05, 3.63) is 65.7 Å². The lowest BCUT2D eigenvalue weighted by atomic mass is 9.87. The minimum absolute atomic E-state index is 0.0441. The van der Waals surface area contributed by atoms with Crippen molar-refractivity contribution in [2.75, 3.05) is 39.4 Å². The summed E-state index contributed by atoms with van der Waals surface area (Å²) in [6.07, 6.45) is 1.04. The van der Waals surface area contributed by atoms with Crippen LogP contribution in [-0.2, 0) is 14.9 Å². The van der Waals surface area contributed by atoms with Crippen LogP contribution < -0.4 is 10.1 Å². The second kappa shape index (κ2) is 10.6. The predicted molar refractivity (Wildman–Crippen MR) is 120 cm³/mol. The molecule has 2 aromatic rings.